The van der Waals surface area contributed by atoms with E-state index in [0.29, 0.717) is 0 Å². The smallest absolute Gasteiger partial charge is 0.325 e. The van der Waals surface area contributed by atoms with E-state index in [9.17, 15) is 13.2 Å². The number of ether oxygens (including phenoxy) is 1. The van der Waals surface area contributed by atoms with E-state index in [0.717, 1.165) is 0 Å². The number of esters is 1. The number of rotatable bonds is 2. The summed E-state index contributed by atoms with van der Waals surface area (Å²) in [6.07, 6.45) is -0.0910. The highest BCUT2D eigenvalue weighted by Crippen LogP contribution is 2.26. The number of hydrogen-bond donors (Lipinski definition) is 0. The Morgan fingerprint density at radius 3 is 2.38 bits per heavy atom. The van der Waals surface area contributed by atoms with Crippen molar-refractivity contribution < 1.29 is 17.9 Å². The molecular formula is C11H12O4S. The summed E-state index contributed by atoms with van der Waals surface area (Å²) in [4.78, 5) is 11.6. The largest absolute Gasteiger partial charge is 0.462 e. The van der Waals surface area contributed by atoms with E-state index >= 15 is 0 Å². The summed E-state index contributed by atoms with van der Waals surface area (Å²) in [5.74, 6) is -0.642. The third-order valence-corrected chi connectivity index (χ3v) is 4.64. The van der Waals surface area contributed by atoms with Crippen LogP contribution in [0.15, 0.2) is 35.2 Å². The monoisotopic (exact) mass is 240 g/mol. The van der Waals surface area contributed by atoms with Crippen LogP contribution in [0.2, 0.25) is 0 Å². The van der Waals surface area contributed by atoms with Gasteiger partial charge in [0.2, 0.25) is 0 Å². The molecule has 1 aromatic carbocycles. The Bertz CT molecular complexity index is 492. The molecule has 0 radical (unpaired) electrons. The predicted molar refractivity (Wildman–Crippen MR) is 57.6 cm³/mol. The van der Waals surface area contributed by atoms with Crippen molar-refractivity contribution in [2.24, 2.45) is 0 Å². The number of hydrogen-bond acceptors (Lipinski definition) is 4. The number of carbonyl (C=O) groups excluding carboxylic acids is 1. The Labute approximate surface area is 94.2 Å². The van der Waals surface area contributed by atoms with Crippen molar-refractivity contribution in [3.05, 3.63) is 30.3 Å². The van der Waals surface area contributed by atoms with Crippen molar-refractivity contribution in [2.75, 3.05) is 0 Å². The second-order valence-corrected chi connectivity index (χ2v) is 5.96. The second kappa shape index (κ2) is 3.90. The minimum absolute atomic E-state index is 0.172. The lowest BCUT2D eigenvalue weighted by atomic mass is 10.3. The fourth-order valence-corrected chi connectivity index (χ4v) is 3.45. The summed E-state index contributed by atoms with van der Waals surface area (Å²) < 4.78 is 29.0. The predicted octanol–water partition coefficient (Wildman–Crippen LogP) is 1.16. The van der Waals surface area contributed by atoms with Crippen LogP contribution in [-0.4, -0.2) is 25.7 Å². The number of benzene rings is 1. The topological polar surface area (TPSA) is 60.4 Å². The van der Waals surface area contributed by atoms with Gasteiger partial charge in [0.15, 0.2) is 15.1 Å². The molecule has 0 aliphatic carbocycles. The van der Waals surface area contributed by atoms with Gasteiger partial charge in [-0.05, 0) is 19.1 Å². The Kier molecular flexibility index (Phi) is 2.71. The van der Waals surface area contributed by atoms with Gasteiger partial charge in [0.1, 0.15) is 6.10 Å². The summed E-state index contributed by atoms with van der Waals surface area (Å²) in [7, 11) is -3.60. The zero-order valence-corrected chi connectivity index (χ0v) is 9.61. The first kappa shape index (κ1) is 11.1. The minimum atomic E-state index is -3.60. The van der Waals surface area contributed by atoms with Gasteiger partial charge in [0.05, 0.1) is 4.90 Å². The molecule has 1 fully saturated rings. The standard InChI is InChI=1S/C11H12O4S/c1-8-7-10(11(12)15-8)16(13,14)9-5-3-2-4-6-9/h2-6,8,10H,7H2,1H3. The molecule has 16 heavy (non-hydrogen) atoms. The maximum atomic E-state index is 12.1. The molecule has 0 spiro atoms. The molecule has 4 nitrogen and oxygen atoms in total. The molecule has 0 saturated carbocycles. The highest BCUT2D eigenvalue weighted by atomic mass is 32.2. The average Bonchev–Trinajstić information content (AvgIpc) is 2.60. The van der Waals surface area contributed by atoms with E-state index in [2.05, 4.69) is 0 Å². The van der Waals surface area contributed by atoms with Crippen molar-refractivity contribution in [1.82, 2.24) is 0 Å². The molecule has 2 atom stereocenters. The van der Waals surface area contributed by atoms with Crippen LogP contribution in [0.3, 0.4) is 0 Å². The van der Waals surface area contributed by atoms with Crippen molar-refractivity contribution in [2.45, 2.75) is 29.6 Å². The molecule has 0 N–H and O–H groups in total. The van der Waals surface area contributed by atoms with Crippen LogP contribution >= 0.6 is 0 Å². The molecule has 1 aliphatic heterocycles. The third kappa shape index (κ3) is 1.82. The molecule has 2 unspecified atom stereocenters. The van der Waals surface area contributed by atoms with E-state index in [4.69, 9.17) is 4.74 Å². The normalized spacial score (nSPS) is 25.4. The van der Waals surface area contributed by atoms with Crippen molar-refractivity contribution >= 4 is 15.8 Å². The highest BCUT2D eigenvalue weighted by molar-refractivity contribution is 7.92. The molecule has 0 amide bonds. The summed E-state index contributed by atoms with van der Waals surface area (Å²) in [5.41, 5.74) is 0. The molecule has 0 aromatic heterocycles. The quantitative estimate of drug-likeness (QED) is 0.728. The Morgan fingerprint density at radius 1 is 1.25 bits per heavy atom. The lowest BCUT2D eigenvalue weighted by molar-refractivity contribution is -0.140. The number of sulfone groups is 1. The summed E-state index contributed by atoms with van der Waals surface area (Å²) in [5, 5.41) is -1.05. The van der Waals surface area contributed by atoms with Gasteiger partial charge < -0.3 is 4.74 Å². The van der Waals surface area contributed by atoms with Gasteiger partial charge in [-0.1, -0.05) is 18.2 Å². The van der Waals surface area contributed by atoms with Crippen LogP contribution in [0.4, 0.5) is 0 Å². The molecule has 0 bridgehead atoms. The zero-order chi connectivity index (χ0) is 11.8. The summed E-state index contributed by atoms with van der Waals surface area (Å²) in [6, 6.07) is 7.99. The van der Waals surface area contributed by atoms with Crippen LogP contribution in [-0.2, 0) is 19.4 Å². The van der Waals surface area contributed by atoms with Gasteiger partial charge in [-0.3, -0.25) is 4.79 Å². The van der Waals surface area contributed by atoms with Crippen molar-refractivity contribution in [1.29, 1.82) is 0 Å². The van der Waals surface area contributed by atoms with E-state index in [-0.39, 0.29) is 17.4 Å². The zero-order valence-electron chi connectivity index (χ0n) is 8.79. The molecule has 2 rings (SSSR count). The van der Waals surface area contributed by atoms with Gasteiger partial charge in [-0.25, -0.2) is 8.42 Å². The van der Waals surface area contributed by atoms with E-state index in [1.54, 1.807) is 25.1 Å². The Hall–Kier alpha value is -1.36. The second-order valence-electron chi connectivity index (χ2n) is 3.83. The van der Waals surface area contributed by atoms with Gasteiger partial charge in [0.25, 0.3) is 0 Å². The lowest BCUT2D eigenvalue weighted by Crippen LogP contribution is -2.26. The molecule has 1 saturated heterocycles. The Balaban J connectivity index is 2.37. The van der Waals surface area contributed by atoms with Crippen LogP contribution in [0.5, 0.6) is 0 Å². The molecule has 1 heterocycles. The first-order valence-corrected chi connectivity index (χ1v) is 6.56. The highest BCUT2D eigenvalue weighted by Gasteiger charge is 2.42. The van der Waals surface area contributed by atoms with Gasteiger partial charge in [-0.15, -0.1) is 0 Å². The average molecular weight is 240 g/mol. The molecule has 1 aliphatic rings. The minimum Gasteiger partial charge on any atom is -0.462 e. The van der Waals surface area contributed by atoms with E-state index in [1.165, 1.54) is 12.1 Å². The fraction of sp³-hybridized carbons (Fsp3) is 0.364. The molecule has 1 aromatic rings. The summed E-state index contributed by atoms with van der Waals surface area (Å²) in [6.45, 7) is 1.69. The number of carbonyl (C=O) groups is 1. The van der Waals surface area contributed by atoms with Crippen LogP contribution in [0.25, 0.3) is 0 Å². The van der Waals surface area contributed by atoms with E-state index < -0.39 is 21.1 Å². The van der Waals surface area contributed by atoms with Gasteiger partial charge >= 0.3 is 5.97 Å². The molecular weight excluding hydrogens is 228 g/mol. The molecule has 5 heteroatoms. The Morgan fingerprint density at radius 2 is 1.88 bits per heavy atom. The van der Waals surface area contributed by atoms with Gasteiger partial charge in [0, 0.05) is 6.42 Å². The van der Waals surface area contributed by atoms with Crippen molar-refractivity contribution in [3.63, 3.8) is 0 Å². The van der Waals surface area contributed by atoms with Crippen LogP contribution in [0, 0.1) is 0 Å². The number of cyclic esters (lactones) is 1. The first-order chi connectivity index (χ1) is 7.51. The van der Waals surface area contributed by atoms with Crippen molar-refractivity contribution in [3.8, 4) is 0 Å². The third-order valence-electron chi connectivity index (χ3n) is 2.57. The lowest BCUT2D eigenvalue weighted by Gasteiger charge is -2.07. The van der Waals surface area contributed by atoms with Crippen LogP contribution < -0.4 is 0 Å². The first-order valence-electron chi connectivity index (χ1n) is 5.01. The summed E-state index contributed by atoms with van der Waals surface area (Å²) >= 11 is 0. The SMILES string of the molecule is CC1CC(S(=O)(=O)c2ccccc2)C(=O)O1. The maximum Gasteiger partial charge on any atom is 0.325 e. The van der Waals surface area contributed by atoms with Crippen LogP contribution in [0.1, 0.15) is 13.3 Å². The fourth-order valence-electron chi connectivity index (χ4n) is 1.75. The molecule has 86 valence electrons. The maximum absolute atomic E-state index is 12.1. The van der Waals surface area contributed by atoms with E-state index in [1.807, 2.05) is 0 Å². The van der Waals surface area contributed by atoms with Gasteiger partial charge in [-0.2, -0.15) is 0 Å².